The number of nitrogens with zero attached hydrogens (tertiary/aromatic N) is 7. The monoisotopic (exact) mass is 344 g/mol. The maximum Gasteiger partial charge on any atom is 0.277 e. The van der Waals surface area contributed by atoms with Gasteiger partial charge in [0.05, 0.1) is 10.8 Å². The zero-order valence-corrected chi connectivity index (χ0v) is 14.2. The minimum absolute atomic E-state index is 0.129. The number of hydrogen-bond donors (Lipinski definition) is 1. The molecule has 3 rings (SSSR count). The van der Waals surface area contributed by atoms with Gasteiger partial charge >= 0.3 is 0 Å². The van der Waals surface area contributed by atoms with E-state index in [0.29, 0.717) is 22.9 Å². The van der Waals surface area contributed by atoms with Crippen molar-refractivity contribution in [1.82, 2.24) is 30.1 Å². The van der Waals surface area contributed by atoms with Gasteiger partial charge in [0.25, 0.3) is 5.22 Å². The van der Waals surface area contributed by atoms with E-state index in [1.807, 2.05) is 33.2 Å². The standard InChI is InChI=1S/C14H16N8OS/c1-8(10-17-12(15)19-13(18-10)22(2)3)24-14-21-20-11(23-14)9-5-4-6-16-7-9/h4-8H,1-3H3,(H2,15,17,18,19). The van der Waals surface area contributed by atoms with Crippen molar-refractivity contribution < 1.29 is 4.42 Å². The zero-order chi connectivity index (χ0) is 17.1. The first-order chi connectivity index (χ1) is 11.5. The second kappa shape index (κ2) is 6.79. The summed E-state index contributed by atoms with van der Waals surface area (Å²) in [6, 6.07) is 3.67. The molecular formula is C14H16N8OS. The lowest BCUT2D eigenvalue weighted by Gasteiger charge is -2.13. The van der Waals surface area contributed by atoms with E-state index in [1.54, 1.807) is 17.3 Å². The number of aromatic nitrogens is 6. The molecule has 0 fully saturated rings. The van der Waals surface area contributed by atoms with Gasteiger partial charge in [0.1, 0.15) is 5.82 Å². The zero-order valence-electron chi connectivity index (χ0n) is 13.4. The summed E-state index contributed by atoms with van der Waals surface area (Å²) in [4.78, 5) is 18.5. The topological polar surface area (TPSA) is 120 Å². The Bertz CT molecular complexity index is 823. The van der Waals surface area contributed by atoms with Crippen molar-refractivity contribution in [3.8, 4) is 11.5 Å². The van der Waals surface area contributed by atoms with E-state index in [0.717, 1.165) is 5.56 Å². The molecule has 0 bridgehead atoms. The molecule has 124 valence electrons. The van der Waals surface area contributed by atoms with Crippen molar-refractivity contribution in [2.75, 3.05) is 24.7 Å². The Morgan fingerprint density at radius 3 is 2.75 bits per heavy atom. The molecule has 3 aromatic rings. The van der Waals surface area contributed by atoms with E-state index in [4.69, 9.17) is 10.2 Å². The van der Waals surface area contributed by atoms with E-state index >= 15 is 0 Å². The van der Waals surface area contributed by atoms with Crippen LogP contribution in [0.1, 0.15) is 18.0 Å². The van der Waals surface area contributed by atoms with E-state index in [-0.39, 0.29) is 11.2 Å². The van der Waals surface area contributed by atoms with Gasteiger partial charge in [-0.3, -0.25) is 4.98 Å². The van der Waals surface area contributed by atoms with Gasteiger partial charge in [0.15, 0.2) is 0 Å². The SMILES string of the molecule is CC(Sc1nnc(-c2cccnc2)o1)c1nc(N)nc(N(C)C)n1. The molecule has 0 aliphatic carbocycles. The number of nitrogens with two attached hydrogens (primary N) is 1. The summed E-state index contributed by atoms with van der Waals surface area (Å²) < 4.78 is 5.66. The highest BCUT2D eigenvalue weighted by Gasteiger charge is 2.18. The van der Waals surface area contributed by atoms with Crippen LogP contribution in [0.5, 0.6) is 0 Å². The highest BCUT2D eigenvalue weighted by molar-refractivity contribution is 7.99. The maximum atomic E-state index is 5.75. The first-order valence-corrected chi connectivity index (χ1v) is 8.00. The van der Waals surface area contributed by atoms with Crippen LogP contribution in [0.3, 0.4) is 0 Å². The Morgan fingerprint density at radius 2 is 2.04 bits per heavy atom. The largest absolute Gasteiger partial charge is 0.411 e. The molecule has 10 heteroatoms. The van der Waals surface area contributed by atoms with Crippen LogP contribution < -0.4 is 10.6 Å². The fraction of sp³-hybridized carbons (Fsp3) is 0.286. The molecule has 24 heavy (non-hydrogen) atoms. The van der Waals surface area contributed by atoms with Gasteiger partial charge in [-0.2, -0.15) is 15.0 Å². The summed E-state index contributed by atoms with van der Waals surface area (Å²) in [6.45, 7) is 1.94. The maximum absolute atomic E-state index is 5.75. The van der Waals surface area contributed by atoms with Crippen LogP contribution >= 0.6 is 11.8 Å². The quantitative estimate of drug-likeness (QED) is 0.686. The van der Waals surface area contributed by atoms with Gasteiger partial charge in [-0.05, 0) is 19.1 Å². The van der Waals surface area contributed by atoms with Crippen LogP contribution in [0.2, 0.25) is 0 Å². The van der Waals surface area contributed by atoms with Crippen LogP contribution in [-0.2, 0) is 0 Å². The molecule has 1 atom stereocenters. The van der Waals surface area contributed by atoms with Gasteiger partial charge in [0, 0.05) is 26.5 Å². The number of anilines is 2. The molecule has 3 aromatic heterocycles. The summed E-state index contributed by atoms with van der Waals surface area (Å²) >= 11 is 1.35. The molecule has 9 nitrogen and oxygen atoms in total. The Kier molecular flexibility index (Phi) is 4.56. The van der Waals surface area contributed by atoms with Crippen molar-refractivity contribution in [3.63, 3.8) is 0 Å². The van der Waals surface area contributed by atoms with Crippen LogP contribution in [0, 0.1) is 0 Å². The summed E-state index contributed by atoms with van der Waals surface area (Å²) in [5.41, 5.74) is 6.52. The highest BCUT2D eigenvalue weighted by Crippen LogP contribution is 2.34. The van der Waals surface area contributed by atoms with Gasteiger partial charge < -0.3 is 15.1 Å². The van der Waals surface area contributed by atoms with E-state index in [1.165, 1.54) is 11.8 Å². The third kappa shape index (κ3) is 3.59. The number of thioether (sulfide) groups is 1. The molecule has 1 unspecified atom stereocenters. The normalized spacial score (nSPS) is 12.1. The van der Waals surface area contributed by atoms with Crippen molar-refractivity contribution in [1.29, 1.82) is 0 Å². The molecule has 0 saturated heterocycles. The van der Waals surface area contributed by atoms with E-state index in [2.05, 4.69) is 30.1 Å². The fourth-order valence-corrected chi connectivity index (χ4v) is 2.57. The molecule has 0 aliphatic rings. The third-order valence-corrected chi connectivity index (χ3v) is 3.95. The number of rotatable bonds is 5. The minimum Gasteiger partial charge on any atom is -0.411 e. The average molecular weight is 344 g/mol. The van der Waals surface area contributed by atoms with Crippen molar-refractivity contribution >= 4 is 23.7 Å². The smallest absolute Gasteiger partial charge is 0.277 e. The molecular weight excluding hydrogens is 328 g/mol. The molecule has 0 radical (unpaired) electrons. The number of pyridine rings is 1. The van der Waals surface area contributed by atoms with Crippen LogP contribution in [0.25, 0.3) is 11.5 Å². The van der Waals surface area contributed by atoms with Gasteiger partial charge in [-0.1, -0.05) is 11.8 Å². The Labute approximate surface area is 142 Å². The summed E-state index contributed by atoms with van der Waals surface area (Å²) in [7, 11) is 3.68. The lowest BCUT2D eigenvalue weighted by molar-refractivity contribution is 0.464. The fourth-order valence-electron chi connectivity index (χ4n) is 1.85. The summed E-state index contributed by atoms with van der Waals surface area (Å²) in [5, 5.41) is 8.37. The molecule has 3 heterocycles. The first-order valence-electron chi connectivity index (χ1n) is 7.12. The van der Waals surface area contributed by atoms with E-state index in [9.17, 15) is 0 Å². The first kappa shape index (κ1) is 16.1. The molecule has 0 saturated carbocycles. The van der Waals surface area contributed by atoms with Gasteiger partial charge in [0.2, 0.25) is 17.8 Å². The average Bonchev–Trinajstić information content (AvgIpc) is 3.03. The predicted molar refractivity (Wildman–Crippen MR) is 90.4 cm³/mol. The highest BCUT2D eigenvalue weighted by atomic mass is 32.2. The predicted octanol–water partition coefficient (Wildman–Crippen LogP) is 1.82. The van der Waals surface area contributed by atoms with Crippen molar-refractivity contribution in [2.24, 2.45) is 0 Å². The Balaban J connectivity index is 1.78. The van der Waals surface area contributed by atoms with E-state index < -0.39 is 0 Å². The van der Waals surface area contributed by atoms with Crippen molar-refractivity contribution in [2.45, 2.75) is 17.4 Å². The molecule has 0 spiro atoms. The van der Waals surface area contributed by atoms with Crippen LogP contribution in [-0.4, -0.2) is 44.2 Å². The van der Waals surface area contributed by atoms with Gasteiger partial charge in [-0.25, -0.2) is 0 Å². The lowest BCUT2D eigenvalue weighted by Crippen LogP contribution is -2.16. The lowest BCUT2D eigenvalue weighted by atomic mass is 10.3. The van der Waals surface area contributed by atoms with Crippen LogP contribution in [0.15, 0.2) is 34.2 Å². The van der Waals surface area contributed by atoms with Gasteiger partial charge in [-0.15, -0.1) is 10.2 Å². The third-order valence-electron chi connectivity index (χ3n) is 3.01. The number of hydrogen-bond acceptors (Lipinski definition) is 10. The molecule has 0 aliphatic heterocycles. The Morgan fingerprint density at radius 1 is 1.21 bits per heavy atom. The summed E-state index contributed by atoms with van der Waals surface area (Å²) in [5.74, 6) is 1.66. The number of nitrogen functional groups attached to an aromatic ring is 1. The second-order valence-electron chi connectivity index (χ2n) is 5.12. The second-order valence-corrected chi connectivity index (χ2v) is 6.41. The molecule has 0 amide bonds. The molecule has 2 N–H and O–H groups in total. The summed E-state index contributed by atoms with van der Waals surface area (Å²) in [6.07, 6.45) is 3.35. The van der Waals surface area contributed by atoms with Crippen LogP contribution in [0.4, 0.5) is 11.9 Å². The Hall–Kier alpha value is -2.75. The van der Waals surface area contributed by atoms with Crippen molar-refractivity contribution in [3.05, 3.63) is 30.4 Å². The minimum atomic E-state index is -0.129. The molecule has 0 aromatic carbocycles.